The average molecular weight is 278 g/mol. The smallest absolute Gasteiger partial charge is 0.243 e. The molecule has 0 aromatic heterocycles. The Hall–Kier alpha value is -1.38. The van der Waals surface area contributed by atoms with Gasteiger partial charge in [0.05, 0.1) is 24.3 Å². The highest BCUT2D eigenvalue weighted by Crippen LogP contribution is 2.29. The molecule has 1 aromatic rings. The van der Waals surface area contributed by atoms with Crippen molar-refractivity contribution in [2.75, 3.05) is 33.0 Å². The molecule has 0 amide bonds. The topological polar surface area (TPSA) is 92.9 Å². The number of aliphatic hydroxyl groups is 1. The Balaban J connectivity index is 3.27. The number of nitrogen functional groups attached to an aromatic ring is 1. The highest BCUT2D eigenvalue weighted by atomic mass is 32.2. The number of nitrogens with zero attached hydrogens (tertiary/aromatic N) is 1. The monoisotopic (exact) mass is 278 g/mol. The van der Waals surface area contributed by atoms with Crippen LogP contribution in [-0.2, 0) is 10.0 Å². The quantitative estimate of drug-likeness (QED) is 0.741. The van der Waals surface area contributed by atoms with Gasteiger partial charge in [0.2, 0.25) is 10.0 Å². The molecule has 8 heteroatoms. The van der Waals surface area contributed by atoms with E-state index in [-0.39, 0.29) is 29.5 Å². The molecule has 1 aromatic carbocycles. The van der Waals surface area contributed by atoms with E-state index in [0.717, 1.165) is 16.4 Å². The second-order valence-corrected chi connectivity index (χ2v) is 5.62. The zero-order chi connectivity index (χ0) is 13.9. The summed E-state index contributed by atoms with van der Waals surface area (Å²) in [5, 5.41) is 8.71. The number of aliphatic hydroxyl groups excluding tert-OH is 1. The van der Waals surface area contributed by atoms with Crippen molar-refractivity contribution in [2.45, 2.75) is 4.90 Å². The maximum absolute atomic E-state index is 13.6. The molecule has 0 saturated heterocycles. The third-order valence-electron chi connectivity index (χ3n) is 2.37. The lowest BCUT2D eigenvalue weighted by atomic mass is 10.3. The predicted molar refractivity (Wildman–Crippen MR) is 64.3 cm³/mol. The van der Waals surface area contributed by atoms with Crippen molar-refractivity contribution in [2.24, 2.45) is 0 Å². The molecule has 0 aliphatic carbocycles. The van der Waals surface area contributed by atoms with Crippen molar-refractivity contribution in [1.82, 2.24) is 4.31 Å². The van der Waals surface area contributed by atoms with Gasteiger partial charge in [-0.3, -0.25) is 0 Å². The number of benzene rings is 1. The van der Waals surface area contributed by atoms with Crippen molar-refractivity contribution in [3.05, 3.63) is 17.9 Å². The molecule has 0 heterocycles. The van der Waals surface area contributed by atoms with E-state index in [9.17, 15) is 12.8 Å². The van der Waals surface area contributed by atoms with Crippen molar-refractivity contribution in [1.29, 1.82) is 0 Å². The average Bonchev–Trinajstić information content (AvgIpc) is 2.28. The standard InChI is InChI=1S/C10H15FN2O4S/c1-13(3-4-14)18(15,16)7-5-8(11)10(17-2)9(12)6-7/h5-6,14H,3-4,12H2,1-2H3. The van der Waals surface area contributed by atoms with E-state index >= 15 is 0 Å². The van der Waals surface area contributed by atoms with Crippen molar-refractivity contribution in [3.63, 3.8) is 0 Å². The second-order valence-electron chi connectivity index (χ2n) is 3.58. The zero-order valence-electron chi connectivity index (χ0n) is 10.1. The third-order valence-corrected chi connectivity index (χ3v) is 4.21. The zero-order valence-corrected chi connectivity index (χ0v) is 10.9. The van der Waals surface area contributed by atoms with Crippen molar-refractivity contribution in [3.8, 4) is 5.75 Å². The van der Waals surface area contributed by atoms with E-state index in [0.29, 0.717) is 0 Å². The molecule has 0 fully saturated rings. The highest BCUT2D eigenvalue weighted by molar-refractivity contribution is 7.89. The number of sulfonamides is 1. The number of methoxy groups -OCH3 is 1. The van der Waals surface area contributed by atoms with Gasteiger partial charge < -0.3 is 15.6 Å². The van der Waals surface area contributed by atoms with Crippen LogP contribution in [0.3, 0.4) is 0 Å². The molecule has 0 unspecified atom stereocenters. The van der Waals surface area contributed by atoms with Crippen LogP contribution in [0.15, 0.2) is 17.0 Å². The molecule has 0 aliphatic heterocycles. The van der Waals surface area contributed by atoms with Gasteiger partial charge in [-0.25, -0.2) is 12.8 Å². The van der Waals surface area contributed by atoms with Crippen LogP contribution in [0.2, 0.25) is 0 Å². The SMILES string of the molecule is COc1c(N)cc(S(=O)(=O)N(C)CCO)cc1F. The van der Waals surface area contributed by atoms with Crippen LogP contribution in [0.4, 0.5) is 10.1 Å². The van der Waals surface area contributed by atoms with Gasteiger partial charge in [0, 0.05) is 13.6 Å². The molecule has 0 bridgehead atoms. The van der Waals surface area contributed by atoms with Crippen LogP contribution in [0.25, 0.3) is 0 Å². The van der Waals surface area contributed by atoms with Gasteiger partial charge in [-0.2, -0.15) is 4.31 Å². The van der Waals surface area contributed by atoms with Gasteiger partial charge in [-0.05, 0) is 12.1 Å². The number of hydrogen-bond acceptors (Lipinski definition) is 5. The Morgan fingerprint density at radius 1 is 1.50 bits per heavy atom. The summed E-state index contributed by atoms with van der Waals surface area (Å²) in [6.07, 6.45) is 0. The molecule has 102 valence electrons. The van der Waals surface area contributed by atoms with E-state index in [2.05, 4.69) is 0 Å². The van der Waals surface area contributed by atoms with Gasteiger partial charge in [0.1, 0.15) is 0 Å². The predicted octanol–water partition coefficient (Wildman–Crippen LogP) is 0.0293. The van der Waals surface area contributed by atoms with E-state index in [4.69, 9.17) is 15.6 Å². The molecule has 0 saturated carbocycles. The lowest BCUT2D eigenvalue weighted by Gasteiger charge is -2.17. The molecule has 1 rings (SSSR count). The number of ether oxygens (including phenoxy) is 1. The number of hydrogen-bond donors (Lipinski definition) is 2. The molecule has 0 aliphatic rings. The van der Waals surface area contributed by atoms with E-state index in [1.807, 2.05) is 0 Å². The fourth-order valence-electron chi connectivity index (χ4n) is 1.39. The van der Waals surface area contributed by atoms with Crippen LogP contribution in [0, 0.1) is 5.82 Å². The summed E-state index contributed by atoms with van der Waals surface area (Å²) in [7, 11) is -1.35. The molecule has 18 heavy (non-hydrogen) atoms. The normalized spacial score (nSPS) is 11.8. The summed E-state index contributed by atoms with van der Waals surface area (Å²) < 4.78 is 43.1. The summed E-state index contributed by atoms with van der Waals surface area (Å²) in [5.74, 6) is -1.05. The number of rotatable bonds is 5. The molecule has 0 radical (unpaired) electrons. The Morgan fingerprint density at radius 3 is 2.56 bits per heavy atom. The first-order valence-electron chi connectivity index (χ1n) is 5.04. The number of likely N-dealkylation sites (N-methyl/N-ethyl adjacent to an activating group) is 1. The highest BCUT2D eigenvalue weighted by Gasteiger charge is 2.23. The summed E-state index contributed by atoms with van der Waals surface area (Å²) in [6.45, 7) is -0.417. The van der Waals surface area contributed by atoms with Crippen molar-refractivity contribution >= 4 is 15.7 Å². The first kappa shape index (κ1) is 14.7. The summed E-state index contributed by atoms with van der Waals surface area (Å²) in [5.41, 5.74) is 5.40. The number of nitrogens with two attached hydrogens (primary N) is 1. The Labute approximate surface area is 105 Å². The second kappa shape index (κ2) is 5.51. The minimum atomic E-state index is -3.87. The molecular formula is C10H15FN2O4S. The van der Waals surface area contributed by atoms with E-state index < -0.39 is 15.8 Å². The lowest BCUT2D eigenvalue weighted by molar-refractivity contribution is 0.266. The number of halogens is 1. The fourth-order valence-corrected chi connectivity index (χ4v) is 2.60. The van der Waals surface area contributed by atoms with Crippen molar-refractivity contribution < 1.29 is 22.7 Å². The summed E-state index contributed by atoms with van der Waals surface area (Å²) >= 11 is 0. The Bertz CT molecular complexity index is 510. The van der Waals surface area contributed by atoms with Gasteiger partial charge in [-0.15, -0.1) is 0 Å². The fraction of sp³-hybridized carbons (Fsp3) is 0.400. The van der Waals surface area contributed by atoms with E-state index in [1.54, 1.807) is 0 Å². The Morgan fingerprint density at radius 2 is 2.11 bits per heavy atom. The maximum Gasteiger partial charge on any atom is 0.243 e. The van der Waals surface area contributed by atoms with Gasteiger partial charge in [0.25, 0.3) is 0 Å². The molecule has 3 N–H and O–H groups in total. The molecule has 6 nitrogen and oxygen atoms in total. The summed E-state index contributed by atoms with van der Waals surface area (Å²) in [4.78, 5) is -0.283. The molecule has 0 spiro atoms. The van der Waals surface area contributed by atoms with Crippen LogP contribution in [0.1, 0.15) is 0 Å². The minimum Gasteiger partial charge on any atom is -0.492 e. The largest absolute Gasteiger partial charge is 0.492 e. The minimum absolute atomic E-state index is 0.0874. The van der Waals surface area contributed by atoms with Crippen LogP contribution >= 0.6 is 0 Å². The molecular weight excluding hydrogens is 263 g/mol. The van der Waals surface area contributed by atoms with E-state index in [1.165, 1.54) is 14.2 Å². The number of anilines is 1. The van der Waals surface area contributed by atoms with Gasteiger partial charge in [-0.1, -0.05) is 0 Å². The third kappa shape index (κ3) is 2.71. The molecule has 0 atom stereocenters. The summed E-state index contributed by atoms with van der Waals surface area (Å²) in [6, 6.07) is 1.95. The first-order valence-corrected chi connectivity index (χ1v) is 6.48. The maximum atomic E-state index is 13.6. The van der Waals surface area contributed by atoms with Crippen LogP contribution in [0.5, 0.6) is 5.75 Å². The lowest BCUT2D eigenvalue weighted by Crippen LogP contribution is -2.29. The first-order chi connectivity index (χ1) is 8.34. The van der Waals surface area contributed by atoms with Crippen LogP contribution in [-0.4, -0.2) is 45.1 Å². The van der Waals surface area contributed by atoms with Gasteiger partial charge >= 0.3 is 0 Å². The van der Waals surface area contributed by atoms with Gasteiger partial charge in [0.15, 0.2) is 11.6 Å². The van der Waals surface area contributed by atoms with Crippen LogP contribution < -0.4 is 10.5 Å². The Kier molecular flexibility index (Phi) is 4.49.